The van der Waals surface area contributed by atoms with E-state index in [2.05, 4.69) is 35.9 Å². The Morgan fingerprint density at radius 2 is 1.81 bits per heavy atom. The number of carbonyl (C=O) groups is 1. The minimum Gasteiger partial charge on any atom is -0.435 e. The number of H-pyrrole nitrogens is 1. The van der Waals surface area contributed by atoms with Crippen LogP contribution in [-0.2, 0) is 5.41 Å². The molecule has 2 aromatic carbocycles. The zero-order valence-electron chi connectivity index (χ0n) is 20.1. The maximum Gasteiger partial charge on any atom is 0.324 e. The highest BCUT2D eigenvalue weighted by molar-refractivity contribution is 5.99. The second kappa shape index (κ2) is 9.30. The lowest BCUT2D eigenvalue weighted by atomic mass is 9.92. The molecule has 0 aliphatic carbocycles. The van der Waals surface area contributed by atoms with E-state index in [0.29, 0.717) is 22.5 Å². The van der Waals surface area contributed by atoms with Gasteiger partial charge in [-0.15, -0.1) is 0 Å². The molecule has 0 saturated heterocycles. The van der Waals surface area contributed by atoms with Gasteiger partial charge in [-0.25, -0.2) is 28.2 Å². The Balaban J connectivity index is 1.34. The molecule has 0 spiro atoms. The zero-order valence-corrected chi connectivity index (χ0v) is 20.1. The number of hydrogen-bond donors (Lipinski definition) is 3. The number of aromatic nitrogens is 6. The number of urea groups is 1. The molecule has 3 aromatic heterocycles. The summed E-state index contributed by atoms with van der Waals surface area (Å²) in [5.74, 6) is -0.680. The van der Waals surface area contributed by atoms with Crippen molar-refractivity contribution in [1.29, 1.82) is 0 Å². The Morgan fingerprint density at radius 1 is 1.03 bits per heavy atom. The molecule has 0 bridgehead atoms. The highest BCUT2D eigenvalue weighted by Crippen LogP contribution is 2.30. The van der Waals surface area contributed by atoms with Gasteiger partial charge in [-0.3, -0.25) is 10.4 Å². The maximum absolute atomic E-state index is 14.8. The maximum atomic E-state index is 14.8. The fourth-order valence-electron chi connectivity index (χ4n) is 3.48. The lowest BCUT2D eigenvalue weighted by molar-refractivity contribution is 0.262. The van der Waals surface area contributed by atoms with Crippen molar-refractivity contribution in [2.45, 2.75) is 26.2 Å². The number of halogens is 2. The number of ether oxygens (including phenoxy) is 1. The minimum absolute atomic E-state index is 0.0867. The van der Waals surface area contributed by atoms with Gasteiger partial charge in [-0.05, 0) is 36.4 Å². The number of nitrogens with zero attached hydrogens (tertiary/aromatic N) is 5. The number of rotatable bonds is 5. The van der Waals surface area contributed by atoms with Gasteiger partial charge in [0.15, 0.2) is 17.2 Å². The van der Waals surface area contributed by atoms with E-state index < -0.39 is 11.8 Å². The van der Waals surface area contributed by atoms with Crippen LogP contribution in [0.2, 0.25) is 0 Å². The van der Waals surface area contributed by atoms with Gasteiger partial charge in [-0.1, -0.05) is 20.8 Å². The van der Waals surface area contributed by atoms with Crippen molar-refractivity contribution in [3.05, 3.63) is 78.4 Å². The Bertz CT molecular complexity index is 1590. The molecule has 5 rings (SSSR count). The first-order valence-corrected chi connectivity index (χ1v) is 11.2. The van der Waals surface area contributed by atoms with Gasteiger partial charge < -0.3 is 10.1 Å². The fraction of sp³-hybridized carbons (Fsp3) is 0.160. The summed E-state index contributed by atoms with van der Waals surface area (Å²) in [4.78, 5) is 20.8. The third kappa shape index (κ3) is 5.08. The lowest BCUT2D eigenvalue weighted by Gasteiger charge is -2.14. The summed E-state index contributed by atoms with van der Waals surface area (Å²) >= 11 is 0. The van der Waals surface area contributed by atoms with Gasteiger partial charge in [0.2, 0.25) is 5.88 Å². The van der Waals surface area contributed by atoms with Crippen molar-refractivity contribution >= 4 is 28.6 Å². The van der Waals surface area contributed by atoms with Crippen molar-refractivity contribution in [3.63, 3.8) is 0 Å². The number of carbonyl (C=O) groups excluding carboxylic acids is 1. The van der Waals surface area contributed by atoms with Gasteiger partial charge in [0, 0.05) is 23.2 Å². The standard InChI is InChI=1S/C25H22F2N8O2/c1-25(2,3)20-11-21(35(34-20)16-7-4-14(26)5-8-16)32-24(36)31-15-6-9-19(18(27)10-15)37-23-17-12-30-33-22(17)28-13-29-23/h4-13H,1-3H3,(H2,31,32,36)(H,28,29,30,33). The average molecular weight is 505 g/mol. The summed E-state index contributed by atoms with van der Waals surface area (Å²) in [7, 11) is 0. The van der Waals surface area contributed by atoms with E-state index in [-0.39, 0.29) is 28.5 Å². The third-order valence-electron chi connectivity index (χ3n) is 5.40. The molecule has 0 saturated carbocycles. The fourth-order valence-corrected chi connectivity index (χ4v) is 3.48. The molecule has 0 fully saturated rings. The molecule has 3 N–H and O–H groups in total. The largest absolute Gasteiger partial charge is 0.435 e. The number of fused-ring (bicyclic) bond motifs is 1. The Hall–Kier alpha value is -4.87. The molecule has 2 amide bonds. The molecule has 12 heteroatoms. The Morgan fingerprint density at radius 3 is 2.54 bits per heavy atom. The van der Waals surface area contributed by atoms with Crippen molar-refractivity contribution in [3.8, 4) is 17.3 Å². The molecular weight excluding hydrogens is 482 g/mol. The van der Waals surface area contributed by atoms with Crippen LogP contribution in [0.4, 0.5) is 25.1 Å². The van der Waals surface area contributed by atoms with Crippen LogP contribution in [0.3, 0.4) is 0 Å². The van der Waals surface area contributed by atoms with Gasteiger partial charge in [0.1, 0.15) is 23.3 Å². The van der Waals surface area contributed by atoms with Crippen molar-refractivity contribution in [2.75, 3.05) is 10.6 Å². The lowest BCUT2D eigenvalue weighted by Crippen LogP contribution is -2.21. The Labute approximate surface area is 209 Å². The number of amides is 2. The van der Waals surface area contributed by atoms with E-state index in [4.69, 9.17) is 4.74 Å². The predicted octanol–water partition coefficient (Wildman–Crippen LogP) is 5.55. The highest BCUT2D eigenvalue weighted by atomic mass is 19.1. The molecular formula is C25H22F2N8O2. The van der Waals surface area contributed by atoms with E-state index in [1.807, 2.05) is 20.8 Å². The SMILES string of the molecule is CC(C)(C)c1cc(NC(=O)Nc2ccc(Oc3ncnc4[nH]ncc34)c(F)c2)n(-c2ccc(F)cc2)n1. The molecule has 3 heterocycles. The second-order valence-corrected chi connectivity index (χ2v) is 9.19. The summed E-state index contributed by atoms with van der Waals surface area (Å²) < 4.78 is 35.3. The number of nitrogens with one attached hydrogen (secondary N) is 3. The zero-order chi connectivity index (χ0) is 26.2. The summed E-state index contributed by atoms with van der Waals surface area (Å²) in [6, 6.07) is 10.8. The molecule has 188 valence electrons. The highest BCUT2D eigenvalue weighted by Gasteiger charge is 2.22. The second-order valence-electron chi connectivity index (χ2n) is 9.19. The van der Waals surface area contributed by atoms with Crippen molar-refractivity contribution in [1.82, 2.24) is 29.9 Å². The van der Waals surface area contributed by atoms with Crippen LogP contribution in [-0.4, -0.2) is 36.0 Å². The number of aromatic amines is 1. The third-order valence-corrected chi connectivity index (χ3v) is 5.40. The average Bonchev–Trinajstić information content (AvgIpc) is 3.49. The van der Waals surface area contributed by atoms with Crippen LogP contribution in [0.1, 0.15) is 26.5 Å². The van der Waals surface area contributed by atoms with E-state index in [9.17, 15) is 13.6 Å². The van der Waals surface area contributed by atoms with E-state index in [1.165, 1.54) is 41.5 Å². The Kier molecular flexibility index (Phi) is 5.99. The smallest absolute Gasteiger partial charge is 0.324 e. The summed E-state index contributed by atoms with van der Waals surface area (Å²) in [5, 5.41) is 17.0. The first-order chi connectivity index (χ1) is 17.7. The van der Waals surface area contributed by atoms with Crippen LogP contribution in [0.15, 0.2) is 61.1 Å². The summed E-state index contributed by atoms with van der Waals surface area (Å²) in [5.41, 5.74) is 1.63. The summed E-state index contributed by atoms with van der Waals surface area (Å²) in [6.45, 7) is 5.96. The molecule has 0 aliphatic rings. The van der Waals surface area contributed by atoms with Crippen LogP contribution in [0.5, 0.6) is 11.6 Å². The van der Waals surface area contributed by atoms with Crippen LogP contribution in [0, 0.1) is 11.6 Å². The van der Waals surface area contributed by atoms with E-state index in [1.54, 1.807) is 18.2 Å². The summed E-state index contributed by atoms with van der Waals surface area (Å²) in [6.07, 6.45) is 2.75. The number of anilines is 2. The van der Waals surface area contributed by atoms with E-state index >= 15 is 0 Å². The molecule has 0 unspecified atom stereocenters. The van der Waals surface area contributed by atoms with Gasteiger partial charge in [0.05, 0.1) is 17.6 Å². The number of benzene rings is 2. The quantitative estimate of drug-likeness (QED) is 0.288. The van der Waals surface area contributed by atoms with Crippen molar-refractivity contribution < 1.29 is 18.3 Å². The van der Waals surface area contributed by atoms with Crippen LogP contribution < -0.4 is 15.4 Å². The van der Waals surface area contributed by atoms with Gasteiger partial charge in [-0.2, -0.15) is 10.2 Å². The monoisotopic (exact) mass is 504 g/mol. The molecule has 0 radical (unpaired) electrons. The molecule has 37 heavy (non-hydrogen) atoms. The van der Waals surface area contributed by atoms with Crippen LogP contribution in [0.25, 0.3) is 16.7 Å². The normalized spacial score (nSPS) is 11.5. The first kappa shape index (κ1) is 23.9. The molecule has 10 nitrogen and oxygen atoms in total. The molecule has 0 aliphatic heterocycles. The van der Waals surface area contributed by atoms with Gasteiger partial charge >= 0.3 is 6.03 Å². The number of hydrogen-bond acceptors (Lipinski definition) is 6. The topological polar surface area (TPSA) is 123 Å². The molecule has 0 atom stereocenters. The first-order valence-electron chi connectivity index (χ1n) is 11.2. The predicted molar refractivity (Wildman–Crippen MR) is 133 cm³/mol. The van der Waals surface area contributed by atoms with Crippen molar-refractivity contribution in [2.24, 2.45) is 0 Å². The minimum atomic E-state index is -0.709. The van der Waals surface area contributed by atoms with Crippen LogP contribution >= 0.6 is 0 Å². The van der Waals surface area contributed by atoms with E-state index in [0.717, 1.165) is 11.8 Å². The molecule has 5 aromatic rings. The van der Waals surface area contributed by atoms with Gasteiger partial charge in [0.25, 0.3) is 0 Å².